The lowest BCUT2D eigenvalue weighted by Crippen LogP contribution is -2.36. The van der Waals surface area contributed by atoms with Crippen LogP contribution in [0.15, 0.2) is 30.3 Å². The lowest BCUT2D eigenvalue weighted by atomic mass is 10.0. The minimum atomic E-state index is -0.814. The third-order valence-electron chi connectivity index (χ3n) is 1.93. The van der Waals surface area contributed by atoms with E-state index >= 15 is 0 Å². The number of carboxylic acids is 1. The second-order valence-electron chi connectivity index (χ2n) is 2.87. The summed E-state index contributed by atoms with van der Waals surface area (Å²) >= 11 is 0. The highest BCUT2D eigenvalue weighted by Gasteiger charge is 2.14. The molecule has 0 aromatic heterocycles. The van der Waals surface area contributed by atoms with E-state index in [2.05, 4.69) is 5.23 Å². The molecule has 0 amide bonds. The highest BCUT2D eigenvalue weighted by Crippen LogP contribution is 2.02. The molecule has 0 radical (unpaired) electrons. The topological polar surface area (TPSA) is 49.3 Å². The van der Waals surface area contributed by atoms with Gasteiger partial charge in [0.1, 0.15) is 0 Å². The molecular weight excluding hydrogens is 165 g/mol. The predicted octanol–water partition coefficient (Wildman–Crippen LogP) is -0.180. The SMILES string of the molecule is BNC(Cc1ccccc1)C(=O)O. The van der Waals surface area contributed by atoms with Gasteiger partial charge in [-0.2, -0.15) is 0 Å². The highest BCUT2D eigenvalue weighted by atomic mass is 16.4. The van der Waals surface area contributed by atoms with Crippen LogP contribution < -0.4 is 5.23 Å². The van der Waals surface area contributed by atoms with Gasteiger partial charge in [-0.3, -0.25) is 4.79 Å². The summed E-state index contributed by atoms with van der Waals surface area (Å²) in [6.07, 6.45) is 0.521. The summed E-state index contributed by atoms with van der Waals surface area (Å²) in [5, 5.41) is 11.5. The Morgan fingerprint density at radius 1 is 1.46 bits per heavy atom. The van der Waals surface area contributed by atoms with Crippen LogP contribution in [0.1, 0.15) is 5.56 Å². The average Bonchev–Trinajstić information content (AvgIpc) is 2.15. The standard InChI is InChI=1S/C9H12BNO2/c10-11-8(9(12)13)6-7-4-2-1-3-5-7/h1-5,8,11H,6,10H2,(H,12,13). The van der Waals surface area contributed by atoms with Crippen molar-refractivity contribution in [2.24, 2.45) is 0 Å². The lowest BCUT2D eigenvalue weighted by molar-refractivity contribution is -0.138. The number of carbonyl (C=O) groups is 1. The van der Waals surface area contributed by atoms with Crippen molar-refractivity contribution in [3.8, 4) is 0 Å². The molecule has 3 nitrogen and oxygen atoms in total. The minimum Gasteiger partial charge on any atom is -0.480 e. The summed E-state index contributed by atoms with van der Waals surface area (Å²) in [5.41, 5.74) is 1.03. The van der Waals surface area contributed by atoms with Crippen LogP contribution in [0, 0.1) is 0 Å². The van der Waals surface area contributed by atoms with Crippen molar-refractivity contribution < 1.29 is 9.90 Å². The van der Waals surface area contributed by atoms with E-state index in [1.807, 2.05) is 30.3 Å². The molecule has 2 N–H and O–H groups in total. The van der Waals surface area contributed by atoms with E-state index in [4.69, 9.17) is 5.11 Å². The molecule has 0 fully saturated rings. The van der Waals surface area contributed by atoms with Crippen molar-refractivity contribution in [2.75, 3.05) is 0 Å². The lowest BCUT2D eigenvalue weighted by Gasteiger charge is -2.10. The Morgan fingerprint density at radius 3 is 2.54 bits per heavy atom. The first-order chi connectivity index (χ1) is 6.24. The highest BCUT2D eigenvalue weighted by molar-refractivity contribution is 6.06. The van der Waals surface area contributed by atoms with Crippen LogP contribution >= 0.6 is 0 Å². The van der Waals surface area contributed by atoms with Gasteiger partial charge >= 0.3 is 5.97 Å². The molecule has 0 aliphatic carbocycles. The van der Waals surface area contributed by atoms with Gasteiger partial charge in [0.05, 0.1) is 6.04 Å². The molecule has 0 bridgehead atoms. The molecule has 1 unspecified atom stereocenters. The Labute approximate surface area is 78.2 Å². The van der Waals surface area contributed by atoms with Crippen LogP contribution in [0.5, 0.6) is 0 Å². The second kappa shape index (κ2) is 4.67. The Kier molecular flexibility index (Phi) is 3.52. The van der Waals surface area contributed by atoms with Crippen LogP contribution in [0.2, 0.25) is 0 Å². The first-order valence-electron chi connectivity index (χ1n) is 4.18. The van der Waals surface area contributed by atoms with Gasteiger partial charge in [0, 0.05) is 0 Å². The van der Waals surface area contributed by atoms with E-state index in [-0.39, 0.29) is 0 Å². The maximum Gasteiger partial charge on any atom is 0.320 e. The van der Waals surface area contributed by atoms with Gasteiger partial charge in [0.2, 0.25) is 0 Å². The molecule has 68 valence electrons. The summed E-state index contributed by atoms with van der Waals surface area (Å²) in [5.74, 6) is -0.814. The van der Waals surface area contributed by atoms with Gasteiger partial charge in [-0.25, -0.2) is 0 Å². The van der Waals surface area contributed by atoms with Crippen molar-refractivity contribution in [1.29, 1.82) is 0 Å². The predicted molar refractivity (Wildman–Crippen MR) is 53.2 cm³/mol. The zero-order valence-electron chi connectivity index (χ0n) is 7.53. The summed E-state index contributed by atoms with van der Waals surface area (Å²) < 4.78 is 0. The van der Waals surface area contributed by atoms with Crippen LogP contribution in [0.25, 0.3) is 0 Å². The van der Waals surface area contributed by atoms with Crippen LogP contribution in [0.3, 0.4) is 0 Å². The summed E-state index contributed by atoms with van der Waals surface area (Å²) in [7, 11) is 1.65. The van der Waals surface area contributed by atoms with Gasteiger partial charge in [-0.1, -0.05) is 30.3 Å². The molecular formula is C9H12BNO2. The number of carboxylic acid groups (broad SMARTS) is 1. The molecule has 1 rings (SSSR count). The van der Waals surface area contributed by atoms with Gasteiger partial charge in [-0.05, 0) is 12.0 Å². The van der Waals surface area contributed by atoms with Crippen LogP contribution in [0.4, 0.5) is 0 Å². The summed E-state index contributed by atoms with van der Waals surface area (Å²) in [6.45, 7) is 0. The van der Waals surface area contributed by atoms with Gasteiger partial charge in [-0.15, -0.1) is 0 Å². The summed E-state index contributed by atoms with van der Waals surface area (Å²) in [4.78, 5) is 10.7. The van der Waals surface area contributed by atoms with E-state index in [0.29, 0.717) is 6.42 Å². The first-order valence-corrected chi connectivity index (χ1v) is 4.18. The smallest absolute Gasteiger partial charge is 0.320 e. The maximum atomic E-state index is 10.7. The van der Waals surface area contributed by atoms with E-state index in [1.54, 1.807) is 7.98 Å². The molecule has 0 aliphatic rings. The van der Waals surface area contributed by atoms with Crippen molar-refractivity contribution in [2.45, 2.75) is 12.5 Å². The maximum absolute atomic E-state index is 10.7. The number of nitrogens with one attached hydrogen (secondary N) is 1. The molecule has 0 saturated heterocycles. The third kappa shape index (κ3) is 2.91. The Bertz CT molecular complexity index is 276. The Balaban J connectivity index is 2.62. The zero-order chi connectivity index (χ0) is 9.68. The zero-order valence-corrected chi connectivity index (χ0v) is 7.53. The molecule has 1 atom stereocenters. The second-order valence-corrected chi connectivity index (χ2v) is 2.87. The number of benzene rings is 1. The minimum absolute atomic E-state index is 0.498. The average molecular weight is 177 g/mol. The number of hydrogen-bond acceptors (Lipinski definition) is 2. The van der Waals surface area contributed by atoms with Crippen LogP contribution in [-0.2, 0) is 11.2 Å². The van der Waals surface area contributed by atoms with Gasteiger partial charge in [0.25, 0.3) is 0 Å². The fraction of sp³-hybridized carbons (Fsp3) is 0.222. The summed E-state index contributed by atoms with van der Waals surface area (Å²) in [6, 6.07) is 9.08. The molecule has 0 saturated carbocycles. The largest absolute Gasteiger partial charge is 0.480 e. The quantitative estimate of drug-likeness (QED) is 0.627. The number of rotatable bonds is 4. The number of hydrogen-bond donors (Lipinski definition) is 2. The molecule has 13 heavy (non-hydrogen) atoms. The van der Waals surface area contributed by atoms with E-state index in [9.17, 15) is 4.79 Å². The number of aliphatic carboxylic acids is 1. The van der Waals surface area contributed by atoms with Crippen molar-refractivity contribution in [3.63, 3.8) is 0 Å². The first kappa shape index (κ1) is 9.80. The van der Waals surface area contributed by atoms with Gasteiger partial charge < -0.3 is 10.3 Å². The molecule has 1 aromatic carbocycles. The molecule has 4 heteroatoms. The third-order valence-corrected chi connectivity index (χ3v) is 1.93. The van der Waals surface area contributed by atoms with Crippen molar-refractivity contribution >= 4 is 14.0 Å². The fourth-order valence-electron chi connectivity index (χ4n) is 1.16. The normalized spacial score (nSPS) is 12.3. The molecule has 0 aliphatic heterocycles. The molecule has 0 spiro atoms. The van der Waals surface area contributed by atoms with Crippen molar-refractivity contribution in [1.82, 2.24) is 5.23 Å². The van der Waals surface area contributed by atoms with Gasteiger partial charge in [0.15, 0.2) is 7.98 Å². The Hall–Kier alpha value is -1.29. The Morgan fingerprint density at radius 2 is 2.08 bits per heavy atom. The van der Waals surface area contributed by atoms with E-state index < -0.39 is 12.0 Å². The van der Waals surface area contributed by atoms with E-state index in [0.717, 1.165) is 5.56 Å². The van der Waals surface area contributed by atoms with E-state index in [1.165, 1.54) is 0 Å². The van der Waals surface area contributed by atoms with Crippen LogP contribution in [-0.4, -0.2) is 25.1 Å². The fourth-order valence-corrected chi connectivity index (χ4v) is 1.16. The molecule has 1 aromatic rings. The monoisotopic (exact) mass is 177 g/mol. The van der Waals surface area contributed by atoms with Crippen molar-refractivity contribution in [3.05, 3.63) is 35.9 Å². The molecule has 0 heterocycles.